The third-order valence-electron chi connectivity index (χ3n) is 2.48. The van der Waals surface area contributed by atoms with Crippen molar-refractivity contribution in [2.75, 3.05) is 0 Å². The zero-order chi connectivity index (χ0) is 13.1. The molecular weight excluding hydrogens is 232 g/mol. The van der Waals surface area contributed by atoms with Gasteiger partial charge in [-0.3, -0.25) is 4.79 Å². The molecule has 0 unspecified atom stereocenters. The fourth-order valence-electron chi connectivity index (χ4n) is 1.61. The summed E-state index contributed by atoms with van der Waals surface area (Å²) in [6, 6.07) is 9.47. The number of rotatable bonds is 2. The molecular formula is C13H8N2O3. The van der Waals surface area contributed by atoms with Crippen molar-refractivity contribution in [1.82, 2.24) is 4.98 Å². The summed E-state index contributed by atoms with van der Waals surface area (Å²) in [7, 11) is 0. The van der Waals surface area contributed by atoms with Gasteiger partial charge >= 0.3 is 5.97 Å². The molecule has 1 aromatic carbocycles. The SMILES string of the molecule is N#Cc1ccc(-c2c[nH]c(=O)cc2C(=O)O)cc1. The second-order valence-corrected chi connectivity index (χ2v) is 3.62. The van der Waals surface area contributed by atoms with Gasteiger partial charge in [0.2, 0.25) is 5.56 Å². The van der Waals surface area contributed by atoms with E-state index < -0.39 is 11.5 Å². The van der Waals surface area contributed by atoms with Crippen LogP contribution in [0.4, 0.5) is 0 Å². The van der Waals surface area contributed by atoms with Gasteiger partial charge in [0, 0.05) is 17.8 Å². The van der Waals surface area contributed by atoms with Crippen LogP contribution in [0.3, 0.4) is 0 Å². The maximum absolute atomic E-state index is 11.1. The maximum Gasteiger partial charge on any atom is 0.336 e. The first kappa shape index (κ1) is 11.6. The van der Waals surface area contributed by atoms with E-state index in [4.69, 9.17) is 10.4 Å². The summed E-state index contributed by atoms with van der Waals surface area (Å²) < 4.78 is 0. The molecule has 0 saturated heterocycles. The molecule has 0 aliphatic heterocycles. The highest BCUT2D eigenvalue weighted by Crippen LogP contribution is 2.22. The van der Waals surface area contributed by atoms with E-state index in [1.54, 1.807) is 24.3 Å². The topological polar surface area (TPSA) is 94.0 Å². The molecule has 0 spiro atoms. The van der Waals surface area contributed by atoms with E-state index in [1.807, 2.05) is 6.07 Å². The minimum absolute atomic E-state index is 0.0662. The van der Waals surface area contributed by atoms with E-state index in [2.05, 4.69) is 4.98 Å². The van der Waals surface area contributed by atoms with E-state index in [0.29, 0.717) is 16.7 Å². The molecule has 1 heterocycles. The molecule has 2 rings (SSSR count). The first-order chi connectivity index (χ1) is 8.61. The zero-order valence-electron chi connectivity index (χ0n) is 9.18. The molecule has 0 aliphatic carbocycles. The van der Waals surface area contributed by atoms with Gasteiger partial charge in [0.05, 0.1) is 17.2 Å². The van der Waals surface area contributed by atoms with Crippen molar-refractivity contribution in [2.45, 2.75) is 0 Å². The Hall–Kier alpha value is -2.87. The summed E-state index contributed by atoms with van der Waals surface area (Å²) >= 11 is 0. The van der Waals surface area contributed by atoms with Crippen molar-refractivity contribution < 1.29 is 9.90 Å². The van der Waals surface area contributed by atoms with Crippen molar-refractivity contribution in [2.24, 2.45) is 0 Å². The lowest BCUT2D eigenvalue weighted by Crippen LogP contribution is -2.10. The van der Waals surface area contributed by atoms with Gasteiger partial charge in [0.1, 0.15) is 0 Å². The Bertz CT molecular complexity index is 693. The van der Waals surface area contributed by atoms with Crippen molar-refractivity contribution in [3.05, 3.63) is 58.0 Å². The normalized spacial score (nSPS) is 9.72. The highest BCUT2D eigenvalue weighted by atomic mass is 16.4. The summed E-state index contributed by atoms with van der Waals surface area (Å²) in [6.07, 6.45) is 1.35. The van der Waals surface area contributed by atoms with Crippen LogP contribution in [0.15, 0.2) is 41.3 Å². The van der Waals surface area contributed by atoms with Crippen LogP contribution in [0.2, 0.25) is 0 Å². The second kappa shape index (κ2) is 4.55. The number of nitriles is 1. The van der Waals surface area contributed by atoms with Gasteiger partial charge in [-0.25, -0.2) is 4.79 Å². The van der Waals surface area contributed by atoms with Gasteiger partial charge in [0.25, 0.3) is 0 Å². The fraction of sp³-hybridized carbons (Fsp3) is 0. The number of carbonyl (C=O) groups is 1. The Morgan fingerprint density at radius 1 is 1.28 bits per heavy atom. The number of carboxylic acid groups (broad SMARTS) is 1. The Morgan fingerprint density at radius 2 is 1.94 bits per heavy atom. The van der Waals surface area contributed by atoms with Crippen LogP contribution in [0.25, 0.3) is 11.1 Å². The fourth-order valence-corrected chi connectivity index (χ4v) is 1.61. The third-order valence-corrected chi connectivity index (χ3v) is 2.48. The number of aromatic carboxylic acids is 1. The summed E-state index contributed by atoms with van der Waals surface area (Å²) in [4.78, 5) is 24.6. The molecule has 0 amide bonds. The lowest BCUT2D eigenvalue weighted by atomic mass is 10.0. The van der Waals surface area contributed by atoms with Crippen LogP contribution in [0.1, 0.15) is 15.9 Å². The first-order valence-electron chi connectivity index (χ1n) is 5.08. The molecule has 1 aromatic heterocycles. The number of aromatic nitrogens is 1. The van der Waals surface area contributed by atoms with Crippen LogP contribution in [-0.2, 0) is 0 Å². The number of nitrogens with zero attached hydrogens (tertiary/aromatic N) is 1. The number of aromatic amines is 1. The summed E-state index contributed by atoms with van der Waals surface area (Å²) in [5, 5.41) is 17.7. The molecule has 0 fully saturated rings. The molecule has 0 aliphatic rings. The molecule has 2 N–H and O–H groups in total. The van der Waals surface area contributed by atoms with Crippen LogP contribution in [0, 0.1) is 11.3 Å². The van der Waals surface area contributed by atoms with Gasteiger partial charge in [-0.2, -0.15) is 5.26 Å². The molecule has 0 radical (unpaired) electrons. The van der Waals surface area contributed by atoms with Crippen LogP contribution in [-0.4, -0.2) is 16.1 Å². The van der Waals surface area contributed by atoms with E-state index in [1.165, 1.54) is 6.20 Å². The predicted molar refractivity (Wildman–Crippen MR) is 64.2 cm³/mol. The molecule has 0 atom stereocenters. The van der Waals surface area contributed by atoms with Crippen molar-refractivity contribution >= 4 is 5.97 Å². The van der Waals surface area contributed by atoms with Gasteiger partial charge in [0.15, 0.2) is 0 Å². The number of nitrogens with one attached hydrogen (secondary N) is 1. The van der Waals surface area contributed by atoms with Crippen molar-refractivity contribution in [3.63, 3.8) is 0 Å². The molecule has 2 aromatic rings. The monoisotopic (exact) mass is 240 g/mol. The number of carboxylic acids is 1. The van der Waals surface area contributed by atoms with Gasteiger partial charge in [-0.1, -0.05) is 12.1 Å². The average Bonchev–Trinajstić information content (AvgIpc) is 2.39. The zero-order valence-corrected chi connectivity index (χ0v) is 9.18. The van der Waals surface area contributed by atoms with Crippen LogP contribution >= 0.6 is 0 Å². The Kier molecular flexibility index (Phi) is 2.94. The van der Waals surface area contributed by atoms with Gasteiger partial charge < -0.3 is 10.1 Å². The minimum atomic E-state index is -1.17. The smallest absolute Gasteiger partial charge is 0.336 e. The number of benzene rings is 1. The highest BCUT2D eigenvalue weighted by molar-refractivity contribution is 5.95. The number of H-pyrrole nitrogens is 1. The quantitative estimate of drug-likeness (QED) is 0.833. The lowest BCUT2D eigenvalue weighted by molar-refractivity contribution is 0.0697. The van der Waals surface area contributed by atoms with E-state index >= 15 is 0 Å². The predicted octanol–water partition coefficient (Wildman–Crippen LogP) is 1.61. The summed E-state index contributed by atoms with van der Waals surface area (Å²) in [6.45, 7) is 0. The molecule has 0 bridgehead atoms. The van der Waals surface area contributed by atoms with E-state index in [-0.39, 0.29) is 5.56 Å². The van der Waals surface area contributed by atoms with Crippen LogP contribution in [0.5, 0.6) is 0 Å². The number of hydrogen-bond acceptors (Lipinski definition) is 3. The van der Waals surface area contributed by atoms with Gasteiger partial charge in [-0.15, -0.1) is 0 Å². The maximum atomic E-state index is 11.1. The minimum Gasteiger partial charge on any atom is -0.478 e. The molecule has 88 valence electrons. The third kappa shape index (κ3) is 2.13. The van der Waals surface area contributed by atoms with Gasteiger partial charge in [-0.05, 0) is 17.7 Å². The molecule has 0 saturated carbocycles. The van der Waals surface area contributed by atoms with E-state index in [9.17, 15) is 9.59 Å². The highest BCUT2D eigenvalue weighted by Gasteiger charge is 2.12. The average molecular weight is 240 g/mol. The standard InChI is InChI=1S/C13H8N2O3/c14-6-8-1-3-9(4-2-8)11-7-15-12(16)5-10(11)13(17)18/h1-5,7H,(H,15,16)(H,17,18). The van der Waals surface area contributed by atoms with Crippen molar-refractivity contribution in [1.29, 1.82) is 5.26 Å². The summed E-state index contributed by atoms with van der Waals surface area (Å²) in [5.41, 5.74) is 0.988. The van der Waals surface area contributed by atoms with Crippen molar-refractivity contribution in [3.8, 4) is 17.2 Å². The summed E-state index contributed by atoms with van der Waals surface area (Å²) in [5.74, 6) is -1.17. The van der Waals surface area contributed by atoms with Crippen LogP contribution < -0.4 is 5.56 Å². The second-order valence-electron chi connectivity index (χ2n) is 3.62. The lowest BCUT2D eigenvalue weighted by Gasteiger charge is -2.05. The molecule has 18 heavy (non-hydrogen) atoms. The number of pyridine rings is 1. The Morgan fingerprint density at radius 3 is 2.50 bits per heavy atom. The van der Waals surface area contributed by atoms with E-state index in [0.717, 1.165) is 6.07 Å². The number of hydrogen-bond donors (Lipinski definition) is 2. The first-order valence-corrected chi connectivity index (χ1v) is 5.08. The molecule has 5 heteroatoms. The Balaban J connectivity index is 2.60. The Labute approximate surface area is 102 Å². The molecule has 5 nitrogen and oxygen atoms in total. The largest absolute Gasteiger partial charge is 0.478 e.